The summed E-state index contributed by atoms with van der Waals surface area (Å²) in [5.41, 5.74) is 1.85. The largest absolute Gasteiger partial charge is 0.491 e. The van der Waals surface area contributed by atoms with Crippen molar-refractivity contribution in [3.63, 3.8) is 0 Å². The van der Waals surface area contributed by atoms with E-state index in [2.05, 4.69) is 5.32 Å². The number of carbonyl (C=O) groups excluding carboxylic acids is 1. The van der Waals surface area contributed by atoms with Crippen molar-refractivity contribution < 1.29 is 24.2 Å². The molecule has 1 amide bonds. The summed E-state index contributed by atoms with van der Waals surface area (Å²) in [6.07, 6.45) is 0.864. The maximum atomic E-state index is 12.0. The van der Waals surface area contributed by atoms with E-state index in [9.17, 15) is 9.59 Å². The molecule has 25 heavy (non-hydrogen) atoms. The maximum absolute atomic E-state index is 12.0. The van der Waals surface area contributed by atoms with E-state index in [1.807, 2.05) is 0 Å². The van der Waals surface area contributed by atoms with E-state index < -0.39 is 5.97 Å². The van der Waals surface area contributed by atoms with Crippen molar-refractivity contribution in [2.24, 2.45) is 0 Å². The third kappa shape index (κ3) is 6.27. The Hall–Kier alpha value is -2.86. The van der Waals surface area contributed by atoms with Gasteiger partial charge in [-0.2, -0.15) is 0 Å². The van der Waals surface area contributed by atoms with Gasteiger partial charge in [0.05, 0.1) is 12.2 Å². The molecule has 0 radical (unpaired) electrons. The Labute approximate surface area is 146 Å². The SMILES string of the molecule is COCCOc1ccc(NC(=O)CCc2ccc(C(=O)O)cc2)cc1. The van der Waals surface area contributed by atoms with Gasteiger partial charge < -0.3 is 19.9 Å². The van der Waals surface area contributed by atoms with Crippen molar-refractivity contribution in [2.75, 3.05) is 25.6 Å². The summed E-state index contributed by atoms with van der Waals surface area (Å²) < 4.78 is 10.4. The highest BCUT2D eigenvalue weighted by Gasteiger charge is 2.05. The Morgan fingerprint density at radius 2 is 1.68 bits per heavy atom. The van der Waals surface area contributed by atoms with Crippen LogP contribution in [0.3, 0.4) is 0 Å². The lowest BCUT2D eigenvalue weighted by Gasteiger charge is -2.08. The molecule has 2 aromatic carbocycles. The number of hydrogen-bond donors (Lipinski definition) is 2. The minimum atomic E-state index is -0.959. The standard InChI is InChI=1S/C19H21NO5/c1-24-12-13-25-17-9-7-16(8-10-17)20-18(21)11-4-14-2-5-15(6-3-14)19(22)23/h2-3,5-10H,4,11-13H2,1H3,(H,20,21)(H,22,23). The smallest absolute Gasteiger partial charge is 0.335 e. The third-order valence-electron chi connectivity index (χ3n) is 3.54. The van der Waals surface area contributed by atoms with Crippen molar-refractivity contribution in [1.29, 1.82) is 0 Å². The lowest BCUT2D eigenvalue weighted by atomic mass is 10.1. The van der Waals surface area contributed by atoms with Gasteiger partial charge >= 0.3 is 5.97 Å². The van der Waals surface area contributed by atoms with Crippen molar-refractivity contribution in [3.8, 4) is 5.75 Å². The number of methoxy groups -OCH3 is 1. The van der Waals surface area contributed by atoms with E-state index in [1.165, 1.54) is 12.1 Å². The Balaban J connectivity index is 1.78. The Kier molecular flexibility index (Phi) is 6.98. The summed E-state index contributed by atoms with van der Waals surface area (Å²) in [5, 5.41) is 11.7. The van der Waals surface area contributed by atoms with Gasteiger partial charge in [-0.3, -0.25) is 4.79 Å². The highest BCUT2D eigenvalue weighted by molar-refractivity contribution is 5.91. The fraction of sp³-hybridized carbons (Fsp3) is 0.263. The molecule has 2 N–H and O–H groups in total. The molecule has 0 saturated carbocycles. The summed E-state index contributed by atoms with van der Waals surface area (Å²) in [4.78, 5) is 22.8. The zero-order valence-corrected chi connectivity index (χ0v) is 14.0. The molecule has 0 aliphatic rings. The molecule has 0 saturated heterocycles. The zero-order valence-electron chi connectivity index (χ0n) is 14.0. The van der Waals surface area contributed by atoms with E-state index in [-0.39, 0.29) is 11.5 Å². The van der Waals surface area contributed by atoms with Gasteiger partial charge in [0, 0.05) is 19.2 Å². The Morgan fingerprint density at radius 3 is 2.28 bits per heavy atom. The number of carboxylic acids is 1. The van der Waals surface area contributed by atoms with E-state index in [4.69, 9.17) is 14.6 Å². The number of hydrogen-bond acceptors (Lipinski definition) is 4. The fourth-order valence-corrected chi connectivity index (χ4v) is 2.17. The average molecular weight is 343 g/mol. The van der Waals surface area contributed by atoms with Crippen molar-refractivity contribution in [3.05, 3.63) is 59.7 Å². The summed E-state index contributed by atoms with van der Waals surface area (Å²) in [5.74, 6) is -0.345. The van der Waals surface area contributed by atoms with Crippen LogP contribution in [-0.4, -0.2) is 37.3 Å². The number of carboxylic acid groups (broad SMARTS) is 1. The van der Waals surface area contributed by atoms with Gasteiger partial charge in [0.25, 0.3) is 0 Å². The normalized spacial score (nSPS) is 10.3. The van der Waals surface area contributed by atoms with Crippen LogP contribution in [0, 0.1) is 0 Å². The molecule has 0 atom stereocenters. The number of rotatable bonds is 9. The van der Waals surface area contributed by atoms with Crippen LogP contribution in [0.4, 0.5) is 5.69 Å². The molecular weight excluding hydrogens is 322 g/mol. The number of amides is 1. The average Bonchev–Trinajstić information content (AvgIpc) is 2.62. The van der Waals surface area contributed by atoms with Gasteiger partial charge in [0.1, 0.15) is 12.4 Å². The van der Waals surface area contributed by atoms with Crippen molar-refractivity contribution in [2.45, 2.75) is 12.8 Å². The minimum absolute atomic E-state index is 0.102. The van der Waals surface area contributed by atoms with E-state index in [0.29, 0.717) is 37.5 Å². The van der Waals surface area contributed by atoms with Gasteiger partial charge in [-0.25, -0.2) is 4.79 Å². The number of ether oxygens (including phenoxy) is 2. The lowest BCUT2D eigenvalue weighted by molar-refractivity contribution is -0.116. The summed E-state index contributed by atoms with van der Waals surface area (Å²) in [7, 11) is 1.61. The molecule has 2 rings (SSSR count). The molecule has 0 aromatic heterocycles. The number of benzene rings is 2. The number of nitrogens with one attached hydrogen (secondary N) is 1. The number of anilines is 1. The number of aryl methyl sites for hydroxylation is 1. The van der Waals surface area contributed by atoms with Gasteiger partial charge in [-0.15, -0.1) is 0 Å². The molecule has 132 valence electrons. The monoisotopic (exact) mass is 343 g/mol. The van der Waals surface area contributed by atoms with Crippen LogP contribution in [0.5, 0.6) is 5.75 Å². The molecule has 6 nitrogen and oxygen atoms in total. The van der Waals surface area contributed by atoms with Crippen LogP contribution in [0.25, 0.3) is 0 Å². The quantitative estimate of drug-likeness (QED) is 0.684. The molecule has 6 heteroatoms. The van der Waals surface area contributed by atoms with E-state index in [0.717, 1.165) is 5.56 Å². The highest BCUT2D eigenvalue weighted by atomic mass is 16.5. The van der Waals surface area contributed by atoms with Crippen LogP contribution in [0.15, 0.2) is 48.5 Å². The first-order valence-electron chi connectivity index (χ1n) is 7.92. The highest BCUT2D eigenvalue weighted by Crippen LogP contribution is 2.16. The first kappa shape index (κ1) is 18.5. The summed E-state index contributed by atoms with van der Waals surface area (Å²) >= 11 is 0. The molecular formula is C19H21NO5. The van der Waals surface area contributed by atoms with Gasteiger partial charge in [0.2, 0.25) is 5.91 Å². The minimum Gasteiger partial charge on any atom is -0.491 e. The van der Waals surface area contributed by atoms with E-state index in [1.54, 1.807) is 43.5 Å². The molecule has 0 unspecified atom stereocenters. The first-order chi connectivity index (χ1) is 12.1. The molecule has 0 fully saturated rings. The van der Waals surface area contributed by atoms with Crippen molar-refractivity contribution in [1.82, 2.24) is 0 Å². The van der Waals surface area contributed by atoms with E-state index >= 15 is 0 Å². The van der Waals surface area contributed by atoms with Crippen LogP contribution in [0.2, 0.25) is 0 Å². The number of aromatic carboxylic acids is 1. The second-order valence-electron chi connectivity index (χ2n) is 5.42. The maximum Gasteiger partial charge on any atom is 0.335 e. The second kappa shape index (κ2) is 9.44. The second-order valence-corrected chi connectivity index (χ2v) is 5.42. The van der Waals surface area contributed by atoms with Crippen LogP contribution < -0.4 is 10.1 Å². The van der Waals surface area contributed by atoms with Crippen LogP contribution >= 0.6 is 0 Å². The predicted octanol–water partition coefficient (Wildman–Crippen LogP) is 2.98. The van der Waals surface area contributed by atoms with Crippen LogP contribution in [0.1, 0.15) is 22.3 Å². The van der Waals surface area contributed by atoms with Gasteiger partial charge in [-0.1, -0.05) is 12.1 Å². The Morgan fingerprint density at radius 1 is 1.00 bits per heavy atom. The van der Waals surface area contributed by atoms with Gasteiger partial charge in [-0.05, 0) is 48.4 Å². The fourth-order valence-electron chi connectivity index (χ4n) is 2.17. The summed E-state index contributed by atoms with van der Waals surface area (Å²) in [6, 6.07) is 13.7. The first-order valence-corrected chi connectivity index (χ1v) is 7.92. The van der Waals surface area contributed by atoms with Gasteiger partial charge in [0.15, 0.2) is 0 Å². The zero-order chi connectivity index (χ0) is 18.1. The topological polar surface area (TPSA) is 84.9 Å². The molecule has 0 spiro atoms. The third-order valence-corrected chi connectivity index (χ3v) is 3.54. The summed E-state index contributed by atoms with van der Waals surface area (Å²) in [6.45, 7) is 0.995. The predicted molar refractivity (Wildman–Crippen MR) is 94.2 cm³/mol. The molecule has 0 aliphatic carbocycles. The Bertz CT molecular complexity index is 695. The molecule has 2 aromatic rings. The molecule has 0 bridgehead atoms. The lowest BCUT2D eigenvalue weighted by Crippen LogP contribution is -2.12. The molecule has 0 heterocycles. The van der Waals surface area contributed by atoms with Crippen molar-refractivity contribution >= 4 is 17.6 Å². The number of carbonyl (C=O) groups is 2. The molecule has 0 aliphatic heterocycles. The van der Waals surface area contributed by atoms with Crippen LogP contribution in [-0.2, 0) is 16.0 Å².